The number of furan rings is 1. The Hall–Kier alpha value is -4.02. The Labute approximate surface area is 203 Å². The van der Waals surface area contributed by atoms with Crippen LogP contribution in [0.3, 0.4) is 0 Å². The number of nitrogens with zero attached hydrogens (tertiary/aromatic N) is 4. The van der Waals surface area contributed by atoms with Crippen LogP contribution in [0, 0.1) is 10.1 Å². The third-order valence-electron chi connectivity index (χ3n) is 5.05. The predicted octanol–water partition coefficient (Wildman–Crippen LogP) is 5.72. The molecular weight excluding hydrogens is 528 g/mol. The average molecular weight is 540 g/mol. The highest BCUT2D eigenvalue weighted by atomic mass is 79.9. The Morgan fingerprint density at radius 2 is 1.97 bits per heavy atom. The maximum absolute atomic E-state index is 13.3. The number of para-hydroxylation sites is 1. The normalized spacial score (nSPS) is 11.6. The van der Waals surface area contributed by atoms with Crippen molar-refractivity contribution in [1.29, 1.82) is 0 Å². The van der Waals surface area contributed by atoms with E-state index in [0.717, 1.165) is 10.9 Å². The molecule has 5 rings (SSSR count). The van der Waals surface area contributed by atoms with Crippen molar-refractivity contribution in [2.45, 2.75) is 0 Å². The van der Waals surface area contributed by atoms with E-state index in [0.29, 0.717) is 31.4 Å². The lowest BCUT2D eigenvalue weighted by Gasteiger charge is -2.07. The first kappa shape index (κ1) is 21.8. The van der Waals surface area contributed by atoms with E-state index in [1.54, 1.807) is 48.5 Å². The zero-order valence-electron chi connectivity index (χ0n) is 17.0. The average Bonchev–Trinajstić information content (AvgIpc) is 3.23. The van der Waals surface area contributed by atoms with Gasteiger partial charge in [0, 0.05) is 26.5 Å². The molecular formula is C23H12BrClN4O5. The van der Waals surface area contributed by atoms with Crippen molar-refractivity contribution in [3.05, 3.63) is 96.2 Å². The molecule has 0 aliphatic heterocycles. The summed E-state index contributed by atoms with van der Waals surface area (Å²) in [5.41, 5.74) is 0.0166. The Balaban J connectivity index is 1.74. The SMILES string of the molecule is O=c1c2ccccc2nc(-c2cc3cc(Cl)ccc3o2)n1N=Cc1cc(Br)cc([N+](=O)[O-])c1O. The first-order valence-corrected chi connectivity index (χ1v) is 10.9. The third-order valence-corrected chi connectivity index (χ3v) is 5.74. The standard InChI is InChI=1S/C23H12BrClN4O5/c24-14-7-13(21(30)18(10-14)29(32)33)11-26-28-22(27-17-4-2-1-3-16(17)23(28)31)20-9-12-8-15(25)5-6-19(12)34-20/h1-11,30H. The Bertz CT molecular complexity index is 1710. The van der Waals surface area contributed by atoms with Crippen LogP contribution in [0.15, 0.2) is 79.4 Å². The fraction of sp³-hybridized carbons (Fsp3) is 0. The lowest BCUT2D eigenvalue weighted by Crippen LogP contribution is -2.20. The van der Waals surface area contributed by atoms with Crippen molar-refractivity contribution >= 4 is 61.3 Å². The molecule has 0 unspecified atom stereocenters. The van der Waals surface area contributed by atoms with E-state index in [2.05, 4.69) is 26.0 Å². The molecule has 11 heteroatoms. The predicted molar refractivity (Wildman–Crippen MR) is 132 cm³/mol. The number of nitro groups is 1. The van der Waals surface area contributed by atoms with Gasteiger partial charge in [-0.25, -0.2) is 4.98 Å². The largest absolute Gasteiger partial charge is 0.502 e. The second-order valence-corrected chi connectivity index (χ2v) is 8.58. The fourth-order valence-electron chi connectivity index (χ4n) is 3.48. The van der Waals surface area contributed by atoms with Gasteiger partial charge in [0.05, 0.1) is 22.0 Å². The lowest BCUT2D eigenvalue weighted by molar-refractivity contribution is -0.385. The molecule has 0 fully saturated rings. The van der Waals surface area contributed by atoms with E-state index in [1.165, 1.54) is 12.1 Å². The molecule has 5 aromatic rings. The maximum Gasteiger partial charge on any atom is 0.312 e. The van der Waals surface area contributed by atoms with E-state index in [-0.39, 0.29) is 17.1 Å². The van der Waals surface area contributed by atoms with Crippen LogP contribution < -0.4 is 5.56 Å². The number of hydrogen-bond acceptors (Lipinski definition) is 7. The molecule has 0 aliphatic rings. The molecule has 3 aromatic carbocycles. The monoisotopic (exact) mass is 538 g/mol. The van der Waals surface area contributed by atoms with Crippen molar-refractivity contribution < 1.29 is 14.4 Å². The number of phenols is 1. The summed E-state index contributed by atoms with van der Waals surface area (Å²) in [6.45, 7) is 0. The molecule has 0 spiro atoms. The molecule has 2 heterocycles. The molecule has 9 nitrogen and oxygen atoms in total. The maximum atomic E-state index is 13.3. The quantitative estimate of drug-likeness (QED) is 0.177. The van der Waals surface area contributed by atoms with Gasteiger partial charge in [0.25, 0.3) is 5.56 Å². The minimum absolute atomic E-state index is 0.0310. The van der Waals surface area contributed by atoms with E-state index in [4.69, 9.17) is 16.0 Å². The first-order valence-electron chi connectivity index (χ1n) is 9.74. The fourth-order valence-corrected chi connectivity index (χ4v) is 4.12. The zero-order chi connectivity index (χ0) is 24.0. The molecule has 0 aliphatic carbocycles. The van der Waals surface area contributed by atoms with Gasteiger partial charge in [-0.05, 0) is 42.5 Å². The van der Waals surface area contributed by atoms with Gasteiger partial charge in [-0.15, -0.1) is 0 Å². The van der Waals surface area contributed by atoms with Crippen LogP contribution in [0.5, 0.6) is 5.75 Å². The molecule has 0 bridgehead atoms. The Morgan fingerprint density at radius 1 is 1.18 bits per heavy atom. The Morgan fingerprint density at radius 3 is 2.76 bits per heavy atom. The summed E-state index contributed by atoms with van der Waals surface area (Å²) in [6.07, 6.45) is 1.15. The number of rotatable bonds is 4. The number of phenolic OH excluding ortho intramolecular Hbond substituents is 1. The van der Waals surface area contributed by atoms with E-state index >= 15 is 0 Å². The Kier molecular flexibility index (Phi) is 5.39. The van der Waals surface area contributed by atoms with Gasteiger partial charge < -0.3 is 9.52 Å². The summed E-state index contributed by atoms with van der Waals surface area (Å²) < 4.78 is 7.28. The van der Waals surface area contributed by atoms with Crippen molar-refractivity contribution in [3.8, 4) is 17.3 Å². The number of aromatic hydroxyl groups is 1. The van der Waals surface area contributed by atoms with Gasteiger partial charge in [-0.3, -0.25) is 14.9 Å². The number of fused-ring (bicyclic) bond motifs is 2. The lowest BCUT2D eigenvalue weighted by atomic mass is 10.2. The number of hydrogen-bond donors (Lipinski definition) is 1. The van der Waals surface area contributed by atoms with Crippen molar-refractivity contribution in [1.82, 2.24) is 9.66 Å². The molecule has 0 saturated heterocycles. The van der Waals surface area contributed by atoms with Crippen molar-refractivity contribution in [2.75, 3.05) is 0 Å². The molecule has 0 atom stereocenters. The van der Waals surface area contributed by atoms with Gasteiger partial charge in [0.1, 0.15) is 5.58 Å². The number of nitro benzene ring substituents is 1. The molecule has 0 radical (unpaired) electrons. The minimum atomic E-state index is -0.716. The summed E-state index contributed by atoms with van der Waals surface area (Å²) in [6, 6.07) is 16.1. The zero-order valence-corrected chi connectivity index (χ0v) is 19.3. The highest BCUT2D eigenvalue weighted by Gasteiger charge is 2.19. The summed E-state index contributed by atoms with van der Waals surface area (Å²) >= 11 is 9.26. The number of benzene rings is 3. The second-order valence-electron chi connectivity index (χ2n) is 7.23. The summed E-state index contributed by atoms with van der Waals surface area (Å²) in [7, 11) is 0. The van der Waals surface area contributed by atoms with Crippen LogP contribution in [0.25, 0.3) is 33.5 Å². The summed E-state index contributed by atoms with van der Waals surface area (Å²) in [5.74, 6) is -0.211. The number of halogens is 2. The van der Waals surface area contributed by atoms with E-state index in [1.807, 2.05) is 0 Å². The van der Waals surface area contributed by atoms with Crippen LogP contribution in [0.2, 0.25) is 5.02 Å². The van der Waals surface area contributed by atoms with Crippen LogP contribution in [-0.4, -0.2) is 25.9 Å². The first-order chi connectivity index (χ1) is 16.3. The van der Waals surface area contributed by atoms with Crippen LogP contribution in [-0.2, 0) is 0 Å². The van der Waals surface area contributed by atoms with Gasteiger partial charge >= 0.3 is 5.69 Å². The van der Waals surface area contributed by atoms with Gasteiger partial charge in [0.15, 0.2) is 5.76 Å². The van der Waals surface area contributed by atoms with Gasteiger partial charge in [0.2, 0.25) is 11.6 Å². The molecule has 34 heavy (non-hydrogen) atoms. The second kappa shape index (κ2) is 8.40. The smallest absolute Gasteiger partial charge is 0.312 e. The summed E-state index contributed by atoms with van der Waals surface area (Å²) in [4.78, 5) is 28.4. The molecule has 2 aromatic heterocycles. The molecule has 0 saturated carbocycles. The highest BCUT2D eigenvalue weighted by Crippen LogP contribution is 2.33. The molecule has 1 N–H and O–H groups in total. The van der Waals surface area contributed by atoms with E-state index < -0.39 is 21.9 Å². The molecule has 0 amide bonds. The van der Waals surface area contributed by atoms with Gasteiger partial charge in [-0.1, -0.05) is 39.7 Å². The van der Waals surface area contributed by atoms with Crippen molar-refractivity contribution in [2.24, 2.45) is 5.10 Å². The minimum Gasteiger partial charge on any atom is -0.502 e. The summed E-state index contributed by atoms with van der Waals surface area (Å²) in [5, 5.41) is 27.3. The highest BCUT2D eigenvalue weighted by molar-refractivity contribution is 9.10. The van der Waals surface area contributed by atoms with Crippen LogP contribution in [0.1, 0.15) is 5.56 Å². The third kappa shape index (κ3) is 3.82. The van der Waals surface area contributed by atoms with Crippen LogP contribution >= 0.6 is 27.5 Å². The van der Waals surface area contributed by atoms with Crippen LogP contribution in [0.4, 0.5) is 5.69 Å². The van der Waals surface area contributed by atoms with Crippen molar-refractivity contribution in [3.63, 3.8) is 0 Å². The molecule has 168 valence electrons. The van der Waals surface area contributed by atoms with E-state index in [9.17, 15) is 20.0 Å². The topological polar surface area (TPSA) is 124 Å². The van der Waals surface area contributed by atoms with Gasteiger partial charge in [-0.2, -0.15) is 9.78 Å². The number of aromatic nitrogens is 2.